The number of alkyl halides is 1. The van der Waals surface area contributed by atoms with Crippen molar-refractivity contribution < 1.29 is 4.74 Å². The fourth-order valence-electron chi connectivity index (χ4n) is 2.12. The third-order valence-electron chi connectivity index (χ3n) is 2.95. The van der Waals surface area contributed by atoms with Crippen molar-refractivity contribution in [3.63, 3.8) is 0 Å². The summed E-state index contributed by atoms with van der Waals surface area (Å²) in [6, 6.07) is 14.3. The standard InChI is InChI=1S/C16H17ClO/c1-11-8-12(2)10-14(9-11)16(17)13-4-6-15(18-3)7-5-13/h4-10,16H,1-3H3. The minimum absolute atomic E-state index is 0.116. The Morgan fingerprint density at radius 2 is 1.44 bits per heavy atom. The van der Waals surface area contributed by atoms with E-state index in [-0.39, 0.29) is 5.38 Å². The maximum absolute atomic E-state index is 6.53. The van der Waals surface area contributed by atoms with Gasteiger partial charge in [-0.3, -0.25) is 0 Å². The molecule has 0 heterocycles. The summed E-state index contributed by atoms with van der Waals surface area (Å²) < 4.78 is 5.15. The number of aryl methyl sites for hydroxylation is 2. The SMILES string of the molecule is COc1ccc(C(Cl)c2cc(C)cc(C)c2)cc1. The molecule has 2 aromatic rings. The summed E-state index contributed by atoms with van der Waals surface area (Å²) >= 11 is 6.53. The van der Waals surface area contributed by atoms with Crippen LogP contribution in [0.4, 0.5) is 0 Å². The van der Waals surface area contributed by atoms with E-state index in [0.29, 0.717) is 0 Å². The van der Waals surface area contributed by atoms with E-state index in [1.165, 1.54) is 11.1 Å². The van der Waals surface area contributed by atoms with Gasteiger partial charge in [0.1, 0.15) is 5.75 Å². The third kappa shape index (κ3) is 2.85. The Balaban J connectivity index is 2.31. The van der Waals surface area contributed by atoms with Crippen molar-refractivity contribution in [2.24, 2.45) is 0 Å². The normalized spacial score (nSPS) is 12.2. The molecule has 0 saturated carbocycles. The minimum atomic E-state index is -0.116. The molecule has 0 aliphatic heterocycles. The molecule has 0 aromatic heterocycles. The van der Waals surface area contributed by atoms with E-state index in [9.17, 15) is 0 Å². The summed E-state index contributed by atoms with van der Waals surface area (Å²) in [5.41, 5.74) is 4.70. The lowest BCUT2D eigenvalue weighted by molar-refractivity contribution is 0.414. The van der Waals surface area contributed by atoms with Gasteiger partial charge in [0.05, 0.1) is 12.5 Å². The van der Waals surface area contributed by atoms with Crippen molar-refractivity contribution in [2.75, 3.05) is 7.11 Å². The van der Waals surface area contributed by atoms with Crippen molar-refractivity contribution >= 4 is 11.6 Å². The molecule has 0 aliphatic rings. The molecule has 0 N–H and O–H groups in total. The van der Waals surface area contributed by atoms with Crippen molar-refractivity contribution in [3.8, 4) is 5.75 Å². The highest BCUT2D eigenvalue weighted by Crippen LogP contribution is 2.30. The van der Waals surface area contributed by atoms with Gasteiger partial charge in [-0.25, -0.2) is 0 Å². The molecule has 0 radical (unpaired) electrons. The predicted molar refractivity (Wildman–Crippen MR) is 76.6 cm³/mol. The number of rotatable bonds is 3. The van der Waals surface area contributed by atoms with Gasteiger partial charge in [0.25, 0.3) is 0 Å². The lowest BCUT2D eigenvalue weighted by Crippen LogP contribution is -1.95. The second kappa shape index (κ2) is 5.45. The van der Waals surface area contributed by atoms with Gasteiger partial charge in [0.2, 0.25) is 0 Å². The first-order valence-corrected chi connectivity index (χ1v) is 6.40. The topological polar surface area (TPSA) is 9.23 Å². The molecule has 94 valence electrons. The van der Waals surface area contributed by atoms with Crippen LogP contribution in [-0.4, -0.2) is 7.11 Å². The largest absolute Gasteiger partial charge is 0.497 e. The van der Waals surface area contributed by atoms with Gasteiger partial charge in [0.15, 0.2) is 0 Å². The first kappa shape index (κ1) is 13.0. The van der Waals surface area contributed by atoms with Gasteiger partial charge in [0, 0.05) is 0 Å². The first-order valence-electron chi connectivity index (χ1n) is 5.96. The molecule has 0 bridgehead atoms. The third-order valence-corrected chi connectivity index (χ3v) is 3.45. The Hall–Kier alpha value is -1.47. The number of hydrogen-bond acceptors (Lipinski definition) is 1. The smallest absolute Gasteiger partial charge is 0.118 e. The van der Waals surface area contributed by atoms with Gasteiger partial charge in [-0.2, -0.15) is 0 Å². The molecule has 0 amide bonds. The summed E-state index contributed by atoms with van der Waals surface area (Å²) in [6.07, 6.45) is 0. The quantitative estimate of drug-likeness (QED) is 0.731. The average Bonchev–Trinajstić information content (AvgIpc) is 2.37. The number of methoxy groups -OCH3 is 1. The summed E-state index contributed by atoms with van der Waals surface area (Å²) in [7, 11) is 1.66. The van der Waals surface area contributed by atoms with Crippen LogP contribution in [0.5, 0.6) is 5.75 Å². The summed E-state index contributed by atoms with van der Waals surface area (Å²) in [4.78, 5) is 0. The van der Waals surface area contributed by atoms with Gasteiger partial charge in [-0.05, 0) is 37.1 Å². The molecular weight excluding hydrogens is 244 g/mol. The fraction of sp³-hybridized carbons (Fsp3) is 0.250. The molecule has 1 nitrogen and oxygen atoms in total. The Morgan fingerprint density at radius 1 is 0.889 bits per heavy atom. The van der Waals surface area contributed by atoms with E-state index < -0.39 is 0 Å². The molecule has 1 atom stereocenters. The van der Waals surface area contributed by atoms with Crippen LogP contribution in [0.25, 0.3) is 0 Å². The van der Waals surface area contributed by atoms with Crippen molar-refractivity contribution in [1.29, 1.82) is 0 Å². The maximum atomic E-state index is 6.53. The van der Waals surface area contributed by atoms with Crippen LogP contribution >= 0.6 is 11.6 Å². The van der Waals surface area contributed by atoms with E-state index in [4.69, 9.17) is 16.3 Å². The minimum Gasteiger partial charge on any atom is -0.497 e. The molecule has 2 aromatic carbocycles. The van der Waals surface area contributed by atoms with E-state index in [1.54, 1.807) is 7.11 Å². The van der Waals surface area contributed by atoms with Crippen LogP contribution in [0.2, 0.25) is 0 Å². The predicted octanol–water partition coefficient (Wildman–Crippen LogP) is 4.64. The zero-order valence-electron chi connectivity index (χ0n) is 10.9. The molecule has 2 rings (SSSR count). The van der Waals surface area contributed by atoms with Crippen molar-refractivity contribution in [3.05, 3.63) is 64.7 Å². The second-order valence-corrected chi connectivity index (χ2v) is 4.99. The van der Waals surface area contributed by atoms with Crippen molar-refractivity contribution in [2.45, 2.75) is 19.2 Å². The first-order chi connectivity index (χ1) is 8.60. The van der Waals surface area contributed by atoms with E-state index >= 15 is 0 Å². The Labute approximate surface area is 113 Å². The van der Waals surface area contributed by atoms with Crippen LogP contribution in [0, 0.1) is 13.8 Å². The zero-order chi connectivity index (χ0) is 13.1. The number of halogens is 1. The Morgan fingerprint density at radius 3 is 1.94 bits per heavy atom. The van der Waals surface area contributed by atoms with Crippen LogP contribution in [0.15, 0.2) is 42.5 Å². The van der Waals surface area contributed by atoms with E-state index in [2.05, 4.69) is 32.0 Å². The lowest BCUT2D eigenvalue weighted by Gasteiger charge is -2.12. The zero-order valence-corrected chi connectivity index (χ0v) is 11.7. The second-order valence-electron chi connectivity index (χ2n) is 4.56. The summed E-state index contributed by atoms with van der Waals surface area (Å²) in [6.45, 7) is 4.18. The highest BCUT2D eigenvalue weighted by atomic mass is 35.5. The van der Waals surface area contributed by atoms with Gasteiger partial charge in [-0.15, -0.1) is 11.6 Å². The number of hydrogen-bond donors (Lipinski definition) is 0. The van der Waals surface area contributed by atoms with Crippen LogP contribution in [0.1, 0.15) is 27.6 Å². The fourth-order valence-corrected chi connectivity index (χ4v) is 2.39. The molecule has 0 aliphatic carbocycles. The van der Waals surface area contributed by atoms with E-state index in [1.807, 2.05) is 24.3 Å². The monoisotopic (exact) mass is 260 g/mol. The highest BCUT2D eigenvalue weighted by molar-refractivity contribution is 6.22. The lowest BCUT2D eigenvalue weighted by atomic mass is 10.0. The molecule has 0 spiro atoms. The number of benzene rings is 2. The number of ether oxygens (including phenoxy) is 1. The average molecular weight is 261 g/mol. The molecule has 2 heteroatoms. The van der Waals surface area contributed by atoms with Gasteiger partial charge >= 0.3 is 0 Å². The molecule has 18 heavy (non-hydrogen) atoms. The van der Waals surface area contributed by atoms with Gasteiger partial charge in [-0.1, -0.05) is 41.5 Å². The van der Waals surface area contributed by atoms with Crippen LogP contribution < -0.4 is 4.74 Å². The molecule has 0 saturated heterocycles. The highest BCUT2D eigenvalue weighted by Gasteiger charge is 2.11. The van der Waals surface area contributed by atoms with Crippen LogP contribution in [0.3, 0.4) is 0 Å². The summed E-state index contributed by atoms with van der Waals surface area (Å²) in [5.74, 6) is 0.850. The summed E-state index contributed by atoms with van der Waals surface area (Å²) in [5, 5.41) is -0.116. The molecule has 0 fully saturated rings. The maximum Gasteiger partial charge on any atom is 0.118 e. The Kier molecular flexibility index (Phi) is 3.93. The Bertz CT molecular complexity index is 511. The molecular formula is C16H17ClO. The van der Waals surface area contributed by atoms with Crippen molar-refractivity contribution in [1.82, 2.24) is 0 Å². The van der Waals surface area contributed by atoms with Gasteiger partial charge < -0.3 is 4.74 Å². The van der Waals surface area contributed by atoms with E-state index in [0.717, 1.165) is 16.9 Å². The molecule has 1 unspecified atom stereocenters. The van der Waals surface area contributed by atoms with Crippen LogP contribution in [-0.2, 0) is 0 Å².